The van der Waals surface area contributed by atoms with Crippen LogP contribution in [0.3, 0.4) is 0 Å². The fourth-order valence-electron chi connectivity index (χ4n) is 2.12. The number of morpholine rings is 1. The van der Waals surface area contributed by atoms with Crippen LogP contribution in [-0.2, 0) is 16.1 Å². The van der Waals surface area contributed by atoms with E-state index in [9.17, 15) is 4.79 Å². The first-order valence-electron chi connectivity index (χ1n) is 6.57. The Bertz CT molecular complexity index is 436. The lowest BCUT2D eigenvalue weighted by atomic mass is 10.2. The molecule has 1 amide bonds. The lowest BCUT2D eigenvalue weighted by molar-refractivity contribution is -0.132. The number of hydrogen-bond donors (Lipinski definition) is 2. The Morgan fingerprint density at radius 3 is 3.16 bits per heavy atom. The number of nitrogens with one attached hydrogen (secondary N) is 1. The van der Waals surface area contributed by atoms with Crippen LogP contribution in [0, 0.1) is 0 Å². The number of rotatable bonds is 4. The monoisotopic (exact) mass is 264 g/mol. The van der Waals surface area contributed by atoms with E-state index in [0.29, 0.717) is 18.8 Å². The summed E-state index contributed by atoms with van der Waals surface area (Å²) in [6.07, 6.45) is -0.425. The topological polar surface area (TPSA) is 61.8 Å². The highest BCUT2D eigenvalue weighted by atomic mass is 16.5. The second-order valence-corrected chi connectivity index (χ2v) is 4.60. The van der Waals surface area contributed by atoms with Gasteiger partial charge in [0.1, 0.15) is 6.10 Å². The molecule has 1 aromatic carbocycles. The van der Waals surface area contributed by atoms with Crippen molar-refractivity contribution < 1.29 is 14.6 Å². The van der Waals surface area contributed by atoms with Crippen molar-refractivity contribution in [2.45, 2.75) is 19.6 Å². The van der Waals surface area contributed by atoms with E-state index in [1.807, 2.05) is 6.07 Å². The fourth-order valence-corrected chi connectivity index (χ4v) is 2.12. The number of carbonyl (C=O) groups is 1. The summed E-state index contributed by atoms with van der Waals surface area (Å²) in [5.74, 6) is -0.131. The lowest BCUT2D eigenvalue weighted by Crippen LogP contribution is -2.47. The molecule has 1 heterocycles. The molecule has 5 heteroatoms. The van der Waals surface area contributed by atoms with Crippen molar-refractivity contribution in [3.63, 3.8) is 0 Å². The fraction of sp³-hybridized carbons (Fsp3) is 0.500. The molecule has 0 saturated carbocycles. The maximum atomic E-state index is 12.1. The summed E-state index contributed by atoms with van der Waals surface area (Å²) in [7, 11) is 0. The van der Waals surface area contributed by atoms with E-state index in [2.05, 4.69) is 17.1 Å². The normalized spacial score (nSPS) is 20.2. The van der Waals surface area contributed by atoms with E-state index >= 15 is 0 Å². The molecule has 104 valence electrons. The molecule has 1 aliphatic heterocycles. The maximum absolute atomic E-state index is 12.1. The van der Waals surface area contributed by atoms with Crippen molar-refractivity contribution in [3.05, 3.63) is 29.8 Å². The zero-order valence-electron chi connectivity index (χ0n) is 11.1. The summed E-state index contributed by atoms with van der Waals surface area (Å²) in [6, 6.07) is 7.18. The number of nitrogens with zero attached hydrogens (tertiary/aromatic N) is 1. The summed E-state index contributed by atoms with van der Waals surface area (Å²) in [6.45, 7) is 5.05. The third kappa shape index (κ3) is 3.76. The minimum Gasteiger partial charge on any atom is -0.392 e. The highest BCUT2D eigenvalue weighted by Crippen LogP contribution is 2.13. The molecule has 2 rings (SSSR count). The first-order valence-corrected chi connectivity index (χ1v) is 6.57. The highest BCUT2D eigenvalue weighted by molar-refractivity contribution is 5.94. The van der Waals surface area contributed by atoms with Gasteiger partial charge in [0, 0.05) is 18.8 Å². The van der Waals surface area contributed by atoms with Crippen molar-refractivity contribution in [1.29, 1.82) is 0 Å². The van der Waals surface area contributed by atoms with Crippen LogP contribution >= 0.6 is 0 Å². The average molecular weight is 264 g/mol. The number of anilines is 1. The van der Waals surface area contributed by atoms with Crippen LogP contribution in [0.15, 0.2) is 24.3 Å². The average Bonchev–Trinajstić information content (AvgIpc) is 2.47. The van der Waals surface area contributed by atoms with Crippen LogP contribution in [0.1, 0.15) is 12.5 Å². The quantitative estimate of drug-likeness (QED) is 0.846. The van der Waals surface area contributed by atoms with Gasteiger partial charge in [0.2, 0.25) is 0 Å². The highest BCUT2D eigenvalue weighted by Gasteiger charge is 2.25. The number of aliphatic hydroxyl groups is 1. The van der Waals surface area contributed by atoms with Crippen LogP contribution in [0.2, 0.25) is 0 Å². The maximum Gasteiger partial charge on any atom is 0.254 e. The molecule has 1 unspecified atom stereocenters. The number of carbonyl (C=O) groups excluding carboxylic acids is 1. The third-order valence-corrected chi connectivity index (χ3v) is 3.27. The molecular weight excluding hydrogens is 244 g/mol. The third-order valence-electron chi connectivity index (χ3n) is 3.27. The van der Waals surface area contributed by atoms with Crippen LogP contribution < -0.4 is 5.32 Å². The second kappa shape index (κ2) is 6.65. The van der Waals surface area contributed by atoms with Gasteiger partial charge in [-0.25, -0.2) is 0 Å². The predicted octanol–water partition coefficient (Wildman–Crippen LogP) is 0.838. The van der Waals surface area contributed by atoms with Crippen molar-refractivity contribution in [3.8, 4) is 0 Å². The Hall–Kier alpha value is -1.43. The lowest BCUT2D eigenvalue weighted by Gasteiger charge is -2.31. The summed E-state index contributed by atoms with van der Waals surface area (Å²) in [5, 5.41) is 11.9. The molecule has 1 aromatic rings. The molecule has 19 heavy (non-hydrogen) atoms. The van der Waals surface area contributed by atoms with Crippen molar-refractivity contribution >= 4 is 11.6 Å². The number of aliphatic hydroxyl groups excluding tert-OH is 1. The van der Waals surface area contributed by atoms with Gasteiger partial charge in [-0.3, -0.25) is 9.69 Å². The molecular formula is C14H20N2O3. The Kier molecular flexibility index (Phi) is 4.90. The van der Waals surface area contributed by atoms with Gasteiger partial charge in [-0.1, -0.05) is 19.1 Å². The first kappa shape index (κ1) is 14.0. The van der Waals surface area contributed by atoms with Crippen LogP contribution in [0.25, 0.3) is 0 Å². The number of hydrogen-bond acceptors (Lipinski definition) is 4. The minimum absolute atomic E-state index is 0.0345. The predicted molar refractivity (Wildman–Crippen MR) is 72.8 cm³/mol. The molecule has 1 atom stereocenters. The molecule has 1 saturated heterocycles. The zero-order chi connectivity index (χ0) is 13.7. The summed E-state index contributed by atoms with van der Waals surface area (Å²) >= 11 is 0. The minimum atomic E-state index is -0.425. The van der Waals surface area contributed by atoms with Gasteiger partial charge in [-0.2, -0.15) is 0 Å². The van der Waals surface area contributed by atoms with Crippen LogP contribution in [0.5, 0.6) is 0 Å². The molecule has 2 N–H and O–H groups in total. The largest absolute Gasteiger partial charge is 0.392 e. The van der Waals surface area contributed by atoms with Gasteiger partial charge in [0.05, 0.1) is 13.2 Å². The Labute approximate surface area is 113 Å². The smallest absolute Gasteiger partial charge is 0.254 e. The Morgan fingerprint density at radius 1 is 1.58 bits per heavy atom. The van der Waals surface area contributed by atoms with E-state index in [1.165, 1.54) is 0 Å². The zero-order valence-corrected chi connectivity index (χ0v) is 11.1. The number of benzene rings is 1. The molecule has 5 nitrogen and oxygen atoms in total. The van der Waals surface area contributed by atoms with Gasteiger partial charge < -0.3 is 15.2 Å². The van der Waals surface area contributed by atoms with Gasteiger partial charge in [0.25, 0.3) is 5.91 Å². The molecule has 0 spiro atoms. The number of ether oxygens (including phenoxy) is 1. The molecule has 1 fully saturated rings. The Morgan fingerprint density at radius 2 is 2.42 bits per heavy atom. The summed E-state index contributed by atoms with van der Waals surface area (Å²) in [5.41, 5.74) is 1.46. The summed E-state index contributed by atoms with van der Waals surface area (Å²) in [4.78, 5) is 14.3. The van der Waals surface area contributed by atoms with E-state index in [-0.39, 0.29) is 12.5 Å². The van der Waals surface area contributed by atoms with E-state index < -0.39 is 6.10 Å². The number of likely N-dealkylation sites (N-methyl/N-ethyl adjacent to an activating group) is 1. The van der Waals surface area contributed by atoms with Gasteiger partial charge in [-0.15, -0.1) is 0 Å². The van der Waals surface area contributed by atoms with Crippen LogP contribution in [-0.4, -0.2) is 48.3 Å². The SMILES string of the molecule is CCN1CCOC(C(=O)Nc2cccc(CO)c2)C1. The Balaban J connectivity index is 1.96. The standard InChI is InChI=1S/C14H20N2O3/c1-2-16-6-7-19-13(9-16)14(18)15-12-5-3-4-11(8-12)10-17/h3-5,8,13,17H,2,6-7,9-10H2,1H3,(H,15,18). The van der Waals surface area contributed by atoms with Crippen molar-refractivity contribution in [2.24, 2.45) is 0 Å². The van der Waals surface area contributed by atoms with Crippen molar-refractivity contribution in [2.75, 3.05) is 31.6 Å². The van der Waals surface area contributed by atoms with Crippen molar-refractivity contribution in [1.82, 2.24) is 4.90 Å². The van der Waals surface area contributed by atoms with E-state index in [4.69, 9.17) is 9.84 Å². The van der Waals surface area contributed by atoms with Crippen LogP contribution in [0.4, 0.5) is 5.69 Å². The van der Waals surface area contributed by atoms with Gasteiger partial charge >= 0.3 is 0 Å². The summed E-state index contributed by atoms with van der Waals surface area (Å²) < 4.78 is 5.50. The van der Waals surface area contributed by atoms with E-state index in [1.54, 1.807) is 18.2 Å². The van der Waals surface area contributed by atoms with Gasteiger partial charge in [0.15, 0.2) is 0 Å². The van der Waals surface area contributed by atoms with E-state index in [0.717, 1.165) is 18.7 Å². The molecule has 0 aromatic heterocycles. The number of amides is 1. The second-order valence-electron chi connectivity index (χ2n) is 4.60. The molecule has 0 aliphatic carbocycles. The molecule has 0 radical (unpaired) electrons. The first-order chi connectivity index (χ1) is 9.22. The van der Waals surface area contributed by atoms with Gasteiger partial charge in [-0.05, 0) is 24.2 Å². The molecule has 0 bridgehead atoms. The molecule has 1 aliphatic rings.